The van der Waals surface area contributed by atoms with Crippen molar-refractivity contribution >= 4 is 17.6 Å². The molecule has 2 aromatic rings. The Labute approximate surface area is 135 Å². The zero-order valence-corrected chi connectivity index (χ0v) is 13.2. The number of methoxy groups -OCH3 is 1. The molecule has 0 radical (unpaired) electrons. The minimum absolute atomic E-state index is 0.481. The number of rotatable bonds is 7. The van der Waals surface area contributed by atoms with Gasteiger partial charge < -0.3 is 9.84 Å². The van der Waals surface area contributed by atoms with Gasteiger partial charge >= 0.3 is 5.97 Å². The van der Waals surface area contributed by atoms with Gasteiger partial charge in [-0.15, -0.1) is 0 Å². The monoisotopic (exact) mass is 318 g/mol. The van der Waals surface area contributed by atoms with Crippen LogP contribution in [0.25, 0.3) is 0 Å². The molecular weight excluding hydrogens is 300 g/mol. The van der Waals surface area contributed by atoms with E-state index in [1.165, 1.54) is 0 Å². The summed E-state index contributed by atoms with van der Waals surface area (Å²) in [4.78, 5) is 11.5. The first-order chi connectivity index (χ1) is 10.6. The van der Waals surface area contributed by atoms with E-state index in [4.69, 9.17) is 16.3 Å². The number of carboxylic acid groups (broad SMARTS) is 1. The molecule has 0 amide bonds. The van der Waals surface area contributed by atoms with Crippen molar-refractivity contribution in [2.75, 3.05) is 7.11 Å². The standard InChI is InChI=1S/C18H19ClO3/c1-22-16-12-6-10-14(17(16)19)9-5-11-15(18(20)21)13-7-3-2-4-8-13/h2-4,6-8,10,12,15H,5,9,11H2,1H3,(H,20,21). The number of aliphatic carboxylic acids is 1. The van der Waals surface area contributed by atoms with Gasteiger partial charge in [-0.2, -0.15) is 0 Å². The van der Waals surface area contributed by atoms with Gasteiger partial charge in [0.2, 0.25) is 0 Å². The Kier molecular flexibility index (Phi) is 5.84. The summed E-state index contributed by atoms with van der Waals surface area (Å²) in [6, 6.07) is 15.0. The molecule has 0 heterocycles. The molecule has 0 aliphatic heterocycles. The van der Waals surface area contributed by atoms with E-state index in [2.05, 4.69) is 0 Å². The number of ether oxygens (including phenoxy) is 1. The summed E-state index contributed by atoms with van der Waals surface area (Å²) in [5.41, 5.74) is 1.82. The van der Waals surface area contributed by atoms with Crippen molar-refractivity contribution < 1.29 is 14.6 Å². The lowest BCUT2D eigenvalue weighted by Gasteiger charge is -2.13. The maximum Gasteiger partial charge on any atom is 0.310 e. The van der Waals surface area contributed by atoms with Crippen molar-refractivity contribution in [2.45, 2.75) is 25.2 Å². The highest BCUT2D eigenvalue weighted by atomic mass is 35.5. The van der Waals surface area contributed by atoms with Crippen LogP contribution in [0.5, 0.6) is 5.75 Å². The average Bonchev–Trinajstić information content (AvgIpc) is 2.53. The Morgan fingerprint density at radius 3 is 2.55 bits per heavy atom. The van der Waals surface area contributed by atoms with Gasteiger partial charge in [0.1, 0.15) is 5.75 Å². The van der Waals surface area contributed by atoms with Crippen LogP contribution in [0.2, 0.25) is 5.02 Å². The fourth-order valence-electron chi connectivity index (χ4n) is 2.52. The number of hydrogen-bond acceptors (Lipinski definition) is 2. The molecule has 0 aromatic heterocycles. The number of halogens is 1. The van der Waals surface area contributed by atoms with Gasteiger partial charge in [-0.1, -0.05) is 54.1 Å². The van der Waals surface area contributed by atoms with E-state index in [9.17, 15) is 9.90 Å². The van der Waals surface area contributed by atoms with Crippen LogP contribution >= 0.6 is 11.6 Å². The topological polar surface area (TPSA) is 46.5 Å². The van der Waals surface area contributed by atoms with E-state index >= 15 is 0 Å². The van der Waals surface area contributed by atoms with Crippen molar-refractivity contribution in [3.8, 4) is 5.75 Å². The third-order valence-electron chi connectivity index (χ3n) is 3.70. The van der Waals surface area contributed by atoms with Gasteiger partial charge in [-0.3, -0.25) is 4.79 Å². The van der Waals surface area contributed by atoms with E-state index in [-0.39, 0.29) is 0 Å². The third-order valence-corrected chi connectivity index (χ3v) is 4.13. The van der Waals surface area contributed by atoms with E-state index in [0.29, 0.717) is 17.2 Å². The normalized spacial score (nSPS) is 11.9. The Bertz CT molecular complexity index is 625. The second-order valence-electron chi connectivity index (χ2n) is 5.13. The molecule has 3 nitrogen and oxygen atoms in total. The smallest absolute Gasteiger partial charge is 0.310 e. The number of carboxylic acids is 1. The lowest BCUT2D eigenvalue weighted by atomic mass is 9.92. The Morgan fingerprint density at radius 2 is 1.91 bits per heavy atom. The van der Waals surface area contributed by atoms with Crippen LogP contribution in [0, 0.1) is 0 Å². The van der Waals surface area contributed by atoms with Crippen molar-refractivity contribution in [1.82, 2.24) is 0 Å². The van der Waals surface area contributed by atoms with Crippen molar-refractivity contribution in [2.24, 2.45) is 0 Å². The highest BCUT2D eigenvalue weighted by molar-refractivity contribution is 6.32. The summed E-state index contributed by atoms with van der Waals surface area (Å²) in [7, 11) is 1.58. The van der Waals surface area contributed by atoms with E-state index < -0.39 is 11.9 Å². The largest absolute Gasteiger partial charge is 0.495 e. The van der Waals surface area contributed by atoms with Crippen LogP contribution in [0.4, 0.5) is 0 Å². The molecule has 0 aliphatic carbocycles. The molecule has 0 bridgehead atoms. The summed E-state index contributed by atoms with van der Waals surface area (Å²) >= 11 is 6.26. The van der Waals surface area contributed by atoms with Crippen LogP contribution in [0.15, 0.2) is 48.5 Å². The molecule has 1 N–H and O–H groups in total. The zero-order valence-electron chi connectivity index (χ0n) is 12.5. The summed E-state index contributed by atoms with van der Waals surface area (Å²) in [6.45, 7) is 0. The van der Waals surface area contributed by atoms with Crippen LogP contribution in [0.1, 0.15) is 29.9 Å². The molecule has 1 atom stereocenters. The highest BCUT2D eigenvalue weighted by Gasteiger charge is 2.19. The predicted molar refractivity (Wildman–Crippen MR) is 87.8 cm³/mol. The van der Waals surface area contributed by atoms with Crippen molar-refractivity contribution in [1.29, 1.82) is 0 Å². The summed E-state index contributed by atoms with van der Waals surface area (Å²) < 4.78 is 5.19. The maximum atomic E-state index is 11.5. The van der Waals surface area contributed by atoms with Crippen LogP contribution < -0.4 is 4.74 Å². The number of carbonyl (C=O) groups is 1. The molecule has 0 aliphatic rings. The van der Waals surface area contributed by atoms with Gasteiger partial charge in [-0.25, -0.2) is 0 Å². The minimum Gasteiger partial charge on any atom is -0.495 e. The van der Waals surface area contributed by atoms with Gasteiger partial charge in [0.15, 0.2) is 0 Å². The first-order valence-electron chi connectivity index (χ1n) is 7.22. The summed E-state index contributed by atoms with van der Waals surface area (Å²) in [5.74, 6) is -0.620. The molecule has 4 heteroatoms. The number of hydrogen-bond donors (Lipinski definition) is 1. The molecular formula is C18H19ClO3. The molecule has 0 saturated heterocycles. The molecule has 1 unspecified atom stereocenters. The first kappa shape index (κ1) is 16.4. The fourth-order valence-corrected chi connectivity index (χ4v) is 2.82. The van der Waals surface area contributed by atoms with Crippen molar-refractivity contribution in [3.05, 3.63) is 64.7 Å². The van der Waals surface area contributed by atoms with Crippen LogP contribution in [-0.2, 0) is 11.2 Å². The summed E-state index contributed by atoms with van der Waals surface area (Å²) in [5, 5.41) is 10.0. The first-order valence-corrected chi connectivity index (χ1v) is 7.60. The fraction of sp³-hybridized carbons (Fsp3) is 0.278. The number of benzene rings is 2. The maximum absolute atomic E-state index is 11.5. The van der Waals surface area contributed by atoms with Gasteiger partial charge in [-0.05, 0) is 36.5 Å². The van der Waals surface area contributed by atoms with Gasteiger partial charge in [0, 0.05) is 0 Å². The molecule has 0 saturated carbocycles. The van der Waals surface area contributed by atoms with E-state index in [1.54, 1.807) is 7.11 Å². The lowest BCUT2D eigenvalue weighted by Crippen LogP contribution is -2.12. The van der Waals surface area contributed by atoms with Gasteiger partial charge in [0.25, 0.3) is 0 Å². The SMILES string of the molecule is COc1cccc(CCCC(C(=O)O)c2ccccc2)c1Cl. The van der Waals surface area contributed by atoms with Crippen LogP contribution in [-0.4, -0.2) is 18.2 Å². The zero-order chi connectivity index (χ0) is 15.9. The molecule has 0 spiro atoms. The second kappa shape index (κ2) is 7.85. The Hall–Kier alpha value is -2.00. The Morgan fingerprint density at radius 1 is 1.18 bits per heavy atom. The summed E-state index contributed by atoms with van der Waals surface area (Å²) in [6.07, 6.45) is 2.05. The molecule has 22 heavy (non-hydrogen) atoms. The predicted octanol–water partition coefficient (Wildman–Crippen LogP) is 4.54. The van der Waals surface area contributed by atoms with E-state index in [0.717, 1.165) is 24.0 Å². The third kappa shape index (κ3) is 4.01. The average molecular weight is 319 g/mol. The number of aryl methyl sites for hydroxylation is 1. The van der Waals surface area contributed by atoms with Crippen LogP contribution in [0.3, 0.4) is 0 Å². The molecule has 2 aromatic carbocycles. The molecule has 2 rings (SSSR count). The molecule has 0 fully saturated rings. The second-order valence-corrected chi connectivity index (χ2v) is 5.51. The minimum atomic E-state index is -0.789. The van der Waals surface area contributed by atoms with E-state index in [1.807, 2.05) is 48.5 Å². The van der Waals surface area contributed by atoms with Gasteiger partial charge in [0.05, 0.1) is 18.1 Å². The lowest BCUT2D eigenvalue weighted by molar-refractivity contribution is -0.139. The Balaban J connectivity index is 2.01. The molecule has 116 valence electrons. The van der Waals surface area contributed by atoms with Crippen molar-refractivity contribution in [3.63, 3.8) is 0 Å². The highest BCUT2D eigenvalue weighted by Crippen LogP contribution is 2.30. The quantitative estimate of drug-likeness (QED) is 0.815.